The number of guanidine groups is 1. The number of hydrogen-bond donors (Lipinski definition) is 3. The molecule has 2 aliphatic rings. The van der Waals surface area contributed by atoms with Crippen molar-refractivity contribution >= 4 is 29.9 Å². The third kappa shape index (κ3) is 8.83. The Morgan fingerprint density at radius 2 is 1.70 bits per heavy atom. The first kappa shape index (κ1) is 24.9. The lowest BCUT2D eigenvalue weighted by atomic mass is 9.80. The smallest absolute Gasteiger partial charge is 0.191 e. The summed E-state index contributed by atoms with van der Waals surface area (Å²) in [7, 11) is 0. The second-order valence-corrected chi connectivity index (χ2v) is 8.68. The van der Waals surface area contributed by atoms with Crippen LogP contribution >= 0.6 is 24.0 Å². The van der Waals surface area contributed by atoms with Gasteiger partial charge in [0.1, 0.15) is 0 Å². The molecule has 1 aliphatic heterocycles. The Balaban J connectivity index is 0.00000364. The summed E-state index contributed by atoms with van der Waals surface area (Å²) < 4.78 is 5.58. The molecule has 1 saturated heterocycles. The highest BCUT2D eigenvalue weighted by atomic mass is 127. The Bertz CT molecular complexity index is 427. The minimum absolute atomic E-state index is 0. The minimum Gasteiger partial charge on any atom is -0.379 e. The molecule has 0 bridgehead atoms. The fourth-order valence-electron chi connectivity index (χ4n) is 4.01. The molecule has 2 rings (SSSR count). The van der Waals surface area contributed by atoms with E-state index < -0.39 is 0 Å². The molecule has 0 amide bonds. The molecule has 0 radical (unpaired) electrons. The van der Waals surface area contributed by atoms with Gasteiger partial charge in [-0.3, -0.25) is 9.89 Å². The van der Waals surface area contributed by atoms with Gasteiger partial charge in [0, 0.05) is 43.8 Å². The summed E-state index contributed by atoms with van der Waals surface area (Å²) in [6.45, 7) is 16.1. The molecule has 2 fully saturated rings. The van der Waals surface area contributed by atoms with E-state index in [4.69, 9.17) is 9.73 Å². The summed E-state index contributed by atoms with van der Waals surface area (Å²) in [5, 5.41) is 10.4. The van der Waals surface area contributed by atoms with Crippen molar-refractivity contribution < 1.29 is 4.74 Å². The number of morpholine rings is 1. The molecular weight excluding hydrogens is 453 g/mol. The molecule has 0 aromatic carbocycles. The van der Waals surface area contributed by atoms with Gasteiger partial charge in [-0.2, -0.15) is 0 Å². The highest BCUT2D eigenvalue weighted by molar-refractivity contribution is 14.0. The highest BCUT2D eigenvalue weighted by Gasteiger charge is 2.38. The van der Waals surface area contributed by atoms with Gasteiger partial charge in [0.2, 0.25) is 0 Å². The quantitative estimate of drug-likeness (QED) is 0.220. The van der Waals surface area contributed by atoms with Crippen molar-refractivity contribution in [2.24, 2.45) is 4.99 Å². The first-order valence-corrected chi connectivity index (χ1v) is 10.6. The SMILES string of the molecule is CCNC(=NCC1(N2CCOCC2)CCCCC1)NCCNC(C)(C)C.I. The fraction of sp³-hybridized carbons (Fsp3) is 0.950. The van der Waals surface area contributed by atoms with E-state index in [0.29, 0.717) is 0 Å². The average Bonchev–Trinajstić information content (AvgIpc) is 2.64. The normalized spacial score (nSPS) is 21.4. The summed E-state index contributed by atoms with van der Waals surface area (Å²) in [5.74, 6) is 0.946. The molecule has 0 unspecified atom stereocenters. The molecule has 0 aromatic rings. The molecule has 1 heterocycles. The van der Waals surface area contributed by atoms with Crippen molar-refractivity contribution in [3.8, 4) is 0 Å². The number of nitrogens with zero attached hydrogens (tertiary/aromatic N) is 2. The molecule has 0 spiro atoms. The molecule has 3 N–H and O–H groups in total. The number of nitrogens with one attached hydrogen (secondary N) is 3. The van der Waals surface area contributed by atoms with Crippen LogP contribution in [0.3, 0.4) is 0 Å². The van der Waals surface area contributed by atoms with Crippen LogP contribution in [-0.2, 0) is 4.74 Å². The molecule has 1 saturated carbocycles. The second kappa shape index (κ2) is 12.4. The third-order valence-electron chi connectivity index (χ3n) is 5.41. The Kier molecular flexibility index (Phi) is 11.5. The van der Waals surface area contributed by atoms with Crippen molar-refractivity contribution in [1.82, 2.24) is 20.9 Å². The van der Waals surface area contributed by atoms with E-state index in [2.05, 4.69) is 48.5 Å². The number of ether oxygens (including phenoxy) is 1. The Morgan fingerprint density at radius 1 is 1.04 bits per heavy atom. The van der Waals surface area contributed by atoms with Crippen LogP contribution < -0.4 is 16.0 Å². The third-order valence-corrected chi connectivity index (χ3v) is 5.41. The highest BCUT2D eigenvalue weighted by Crippen LogP contribution is 2.34. The second-order valence-electron chi connectivity index (χ2n) is 8.68. The van der Waals surface area contributed by atoms with Gasteiger partial charge in [0.25, 0.3) is 0 Å². The standard InChI is InChI=1S/C20H41N5O.HI/c1-5-21-18(22-11-12-24-19(2,3)4)23-17-20(9-7-6-8-10-20)25-13-15-26-16-14-25;/h24H,5-17H2,1-4H3,(H2,21,22,23);1H. The van der Waals surface area contributed by atoms with Gasteiger partial charge in [-0.05, 0) is 40.5 Å². The number of rotatable bonds is 7. The summed E-state index contributed by atoms with van der Waals surface area (Å²) in [6, 6.07) is 0. The molecular formula is C20H42IN5O. The van der Waals surface area contributed by atoms with E-state index in [1.54, 1.807) is 0 Å². The van der Waals surface area contributed by atoms with Gasteiger partial charge >= 0.3 is 0 Å². The van der Waals surface area contributed by atoms with E-state index in [0.717, 1.165) is 58.4 Å². The van der Waals surface area contributed by atoms with Gasteiger partial charge < -0.3 is 20.7 Å². The lowest BCUT2D eigenvalue weighted by Gasteiger charge is -2.47. The summed E-state index contributed by atoms with van der Waals surface area (Å²) in [6.07, 6.45) is 6.55. The molecule has 6 nitrogen and oxygen atoms in total. The maximum Gasteiger partial charge on any atom is 0.191 e. The van der Waals surface area contributed by atoms with Crippen LogP contribution in [0.15, 0.2) is 4.99 Å². The molecule has 1 aliphatic carbocycles. The molecule has 160 valence electrons. The van der Waals surface area contributed by atoms with Crippen LogP contribution in [0.1, 0.15) is 59.8 Å². The zero-order valence-electron chi connectivity index (χ0n) is 17.9. The van der Waals surface area contributed by atoms with Gasteiger partial charge in [-0.25, -0.2) is 0 Å². The monoisotopic (exact) mass is 495 g/mol. The Hall–Kier alpha value is -0.120. The topological polar surface area (TPSA) is 60.9 Å². The van der Waals surface area contributed by atoms with Crippen LogP contribution in [-0.4, -0.2) is 74.4 Å². The van der Waals surface area contributed by atoms with E-state index in [1.807, 2.05) is 0 Å². The zero-order valence-corrected chi connectivity index (χ0v) is 20.2. The van der Waals surface area contributed by atoms with Crippen LogP contribution in [0, 0.1) is 0 Å². The number of halogens is 1. The largest absolute Gasteiger partial charge is 0.379 e. The average molecular weight is 495 g/mol. The predicted molar refractivity (Wildman–Crippen MR) is 125 cm³/mol. The van der Waals surface area contributed by atoms with Crippen molar-refractivity contribution in [2.75, 3.05) is 52.5 Å². The van der Waals surface area contributed by atoms with Crippen molar-refractivity contribution in [2.45, 2.75) is 70.9 Å². The van der Waals surface area contributed by atoms with E-state index in [-0.39, 0.29) is 35.1 Å². The van der Waals surface area contributed by atoms with Gasteiger partial charge in [-0.15, -0.1) is 24.0 Å². The van der Waals surface area contributed by atoms with E-state index in [9.17, 15) is 0 Å². The summed E-state index contributed by atoms with van der Waals surface area (Å²) in [4.78, 5) is 7.66. The van der Waals surface area contributed by atoms with E-state index >= 15 is 0 Å². The van der Waals surface area contributed by atoms with Gasteiger partial charge in [0.05, 0.1) is 19.8 Å². The van der Waals surface area contributed by atoms with Crippen LogP contribution in [0.4, 0.5) is 0 Å². The van der Waals surface area contributed by atoms with Gasteiger partial charge in [-0.1, -0.05) is 19.3 Å². The minimum atomic E-state index is 0. The van der Waals surface area contributed by atoms with Crippen molar-refractivity contribution in [1.29, 1.82) is 0 Å². The maximum absolute atomic E-state index is 5.58. The van der Waals surface area contributed by atoms with E-state index in [1.165, 1.54) is 32.1 Å². The first-order valence-electron chi connectivity index (χ1n) is 10.6. The molecule has 7 heteroatoms. The van der Waals surface area contributed by atoms with Gasteiger partial charge in [0.15, 0.2) is 5.96 Å². The van der Waals surface area contributed by atoms with Crippen molar-refractivity contribution in [3.05, 3.63) is 0 Å². The lowest BCUT2D eigenvalue weighted by Crippen LogP contribution is -2.56. The lowest BCUT2D eigenvalue weighted by molar-refractivity contribution is -0.0333. The number of aliphatic imine (C=N–C) groups is 1. The Morgan fingerprint density at radius 3 is 2.30 bits per heavy atom. The van der Waals surface area contributed by atoms with Crippen LogP contribution in [0.2, 0.25) is 0 Å². The predicted octanol–water partition coefficient (Wildman–Crippen LogP) is 2.58. The first-order chi connectivity index (χ1) is 12.5. The van der Waals surface area contributed by atoms with Crippen LogP contribution in [0.25, 0.3) is 0 Å². The maximum atomic E-state index is 5.58. The fourth-order valence-corrected chi connectivity index (χ4v) is 4.01. The summed E-state index contributed by atoms with van der Waals surface area (Å²) >= 11 is 0. The Labute approximate surface area is 183 Å². The van der Waals surface area contributed by atoms with Crippen LogP contribution in [0.5, 0.6) is 0 Å². The molecule has 0 aromatic heterocycles. The number of hydrogen-bond acceptors (Lipinski definition) is 4. The molecule has 27 heavy (non-hydrogen) atoms. The van der Waals surface area contributed by atoms with Crippen molar-refractivity contribution in [3.63, 3.8) is 0 Å². The molecule has 0 atom stereocenters. The zero-order chi connectivity index (χ0) is 18.9. The summed E-state index contributed by atoms with van der Waals surface area (Å²) in [5.41, 5.74) is 0.383.